The average Bonchev–Trinajstić information content (AvgIpc) is 2.68. The molecule has 1 aliphatic rings. The van der Waals surface area contributed by atoms with E-state index in [0.29, 0.717) is 30.6 Å². The molecule has 1 aliphatic carbocycles. The summed E-state index contributed by atoms with van der Waals surface area (Å²) in [6.45, 7) is 1.80. The Labute approximate surface area is 181 Å². The third-order valence-electron chi connectivity index (χ3n) is 5.34. The number of nitrogens with zero attached hydrogens (tertiary/aromatic N) is 2. The number of Topliss-reactive ketones (excluding diaryl/α,β-unsaturated/α-hetero) is 1. The minimum atomic E-state index is -3.47. The highest BCUT2D eigenvalue weighted by molar-refractivity contribution is 7.90. The maximum absolute atomic E-state index is 13.1. The van der Waals surface area contributed by atoms with Crippen molar-refractivity contribution in [1.29, 1.82) is 0 Å². The second-order valence-electron chi connectivity index (χ2n) is 7.76. The van der Waals surface area contributed by atoms with Crippen LogP contribution in [0.5, 0.6) is 0 Å². The summed E-state index contributed by atoms with van der Waals surface area (Å²) in [5.41, 5.74) is 1.36. The van der Waals surface area contributed by atoms with Crippen LogP contribution in [0, 0.1) is 12.8 Å². The highest BCUT2D eigenvalue weighted by atomic mass is 35.5. The van der Waals surface area contributed by atoms with Crippen molar-refractivity contribution in [3.05, 3.63) is 46.9 Å². The summed E-state index contributed by atoms with van der Waals surface area (Å²) < 4.78 is 23.7. The molecule has 1 unspecified atom stereocenters. The molecule has 0 bridgehead atoms. The van der Waals surface area contributed by atoms with Gasteiger partial charge in [0.15, 0.2) is 15.7 Å². The maximum atomic E-state index is 13.1. The fourth-order valence-electron chi connectivity index (χ4n) is 3.67. The fourth-order valence-corrected chi connectivity index (χ4v) is 5.01. The number of carbonyl (C=O) groups is 2. The summed E-state index contributed by atoms with van der Waals surface area (Å²) >= 11 is 6.22. The first-order valence-corrected chi connectivity index (χ1v) is 12.0. The first-order chi connectivity index (χ1) is 14.1. The van der Waals surface area contributed by atoms with Crippen molar-refractivity contribution >= 4 is 38.9 Å². The van der Waals surface area contributed by atoms with Gasteiger partial charge in [0.1, 0.15) is 5.78 Å². The summed E-state index contributed by atoms with van der Waals surface area (Å²) in [5, 5.41) is 2.87. The van der Waals surface area contributed by atoms with E-state index in [9.17, 15) is 18.0 Å². The molecule has 0 aliphatic heterocycles. The molecule has 1 heterocycles. The van der Waals surface area contributed by atoms with E-state index in [2.05, 4.69) is 15.3 Å². The summed E-state index contributed by atoms with van der Waals surface area (Å²) in [5.74, 6) is -0.0161. The second-order valence-corrected chi connectivity index (χ2v) is 10.2. The first-order valence-electron chi connectivity index (χ1n) is 9.74. The van der Waals surface area contributed by atoms with Crippen LogP contribution < -0.4 is 5.32 Å². The number of sulfone groups is 1. The van der Waals surface area contributed by atoms with Crippen LogP contribution in [0.1, 0.15) is 49.3 Å². The third-order valence-corrected chi connectivity index (χ3v) is 6.92. The fraction of sp³-hybridized carbons (Fsp3) is 0.429. The number of rotatable bonds is 6. The van der Waals surface area contributed by atoms with Gasteiger partial charge >= 0.3 is 0 Å². The zero-order valence-electron chi connectivity index (χ0n) is 16.9. The molecule has 0 radical (unpaired) electrons. The molecular weight excluding hydrogens is 426 g/mol. The topological polar surface area (TPSA) is 106 Å². The second kappa shape index (κ2) is 9.22. The molecule has 1 amide bonds. The van der Waals surface area contributed by atoms with Gasteiger partial charge in [-0.25, -0.2) is 13.4 Å². The van der Waals surface area contributed by atoms with Gasteiger partial charge in [-0.15, -0.1) is 0 Å². The Hall–Kier alpha value is -2.32. The molecule has 1 aromatic carbocycles. The van der Waals surface area contributed by atoms with Crippen molar-refractivity contribution in [1.82, 2.24) is 9.97 Å². The number of aryl methyl sites for hydroxylation is 1. The summed E-state index contributed by atoms with van der Waals surface area (Å²) in [6, 6.07) is 4.60. The molecule has 1 N–H and O–H groups in total. The van der Waals surface area contributed by atoms with Crippen LogP contribution >= 0.6 is 11.6 Å². The predicted molar refractivity (Wildman–Crippen MR) is 114 cm³/mol. The molecule has 3 rings (SSSR count). The van der Waals surface area contributed by atoms with Crippen molar-refractivity contribution < 1.29 is 18.0 Å². The van der Waals surface area contributed by atoms with E-state index in [1.807, 2.05) is 0 Å². The molecule has 0 saturated heterocycles. The smallest absolute Gasteiger partial charge is 0.233 e. The predicted octanol–water partition coefficient (Wildman–Crippen LogP) is 3.71. The van der Waals surface area contributed by atoms with E-state index in [1.54, 1.807) is 19.2 Å². The monoisotopic (exact) mass is 449 g/mol. The van der Waals surface area contributed by atoms with Crippen LogP contribution in [-0.4, -0.2) is 36.3 Å². The zero-order chi connectivity index (χ0) is 21.9. The quantitative estimate of drug-likeness (QED) is 0.720. The molecule has 0 spiro atoms. The lowest BCUT2D eigenvalue weighted by Crippen LogP contribution is -2.26. The van der Waals surface area contributed by atoms with Crippen molar-refractivity contribution in [2.24, 2.45) is 5.92 Å². The van der Waals surface area contributed by atoms with E-state index in [0.717, 1.165) is 24.8 Å². The Morgan fingerprint density at radius 2 is 1.93 bits per heavy atom. The molecule has 9 heteroatoms. The van der Waals surface area contributed by atoms with E-state index < -0.39 is 15.8 Å². The molecule has 160 valence electrons. The number of halogens is 1. The number of hydrogen-bond acceptors (Lipinski definition) is 6. The Balaban J connectivity index is 1.88. The normalized spacial score (nSPS) is 16.3. The highest BCUT2D eigenvalue weighted by Gasteiger charge is 2.29. The minimum Gasteiger partial charge on any atom is -0.309 e. The molecule has 1 aromatic heterocycles. The largest absolute Gasteiger partial charge is 0.309 e. The Bertz CT molecular complexity index is 1040. The zero-order valence-corrected chi connectivity index (χ0v) is 18.5. The van der Waals surface area contributed by atoms with E-state index in [-0.39, 0.29) is 27.5 Å². The molecule has 7 nitrogen and oxygen atoms in total. The minimum absolute atomic E-state index is 0.0275. The van der Waals surface area contributed by atoms with Crippen molar-refractivity contribution in [3.8, 4) is 0 Å². The highest BCUT2D eigenvalue weighted by Crippen LogP contribution is 2.35. The van der Waals surface area contributed by atoms with Crippen LogP contribution in [0.3, 0.4) is 0 Å². The van der Waals surface area contributed by atoms with Crippen LogP contribution in [0.2, 0.25) is 5.02 Å². The summed E-state index contributed by atoms with van der Waals surface area (Å²) in [7, 11) is -3.47. The van der Waals surface area contributed by atoms with E-state index >= 15 is 0 Å². The molecule has 1 fully saturated rings. The SMILES string of the molecule is Cc1cnc(NC(=O)C(CC2CCC(=O)CC2)c2ccc(S(C)(=O)=O)c(Cl)c2)cn1. The number of nitrogens with one attached hydrogen (secondary N) is 1. The number of hydrogen-bond donors (Lipinski definition) is 1. The van der Waals surface area contributed by atoms with Crippen molar-refractivity contribution in [2.75, 3.05) is 11.6 Å². The van der Waals surface area contributed by atoms with Crippen LogP contribution in [-0.2, 0) is 19.4 Å². The third kappa shape index (κ3) is 5.64. The summed E-state index contributed by atoms with van der Waals surface area (Å²) in [6.07, 6.45) is 7.20. The Morgan fingerprint density at radius 3 is 2.50 bits per heavy atom. The van der Waals surface area contributed by atoms with Gasteiger partial charge in [0.05, 0.1) is 33.9 Å². The number of ketones is 1. The van der Waals surface area contributed by atoms with Crippen molar-refractivity contribution in [2.45, 2.75) is 49.8 Å². The standard InChI is InChI=1S/C21H24ClN3O4S/c1-13-11-24-20(12-23-13)25-21(27)17(9-14-3-6-16(26)7-4-14)15-5-8-19(18(22)10-15)30(2,28)29/h5,8,10-12,14,17H,3-4,6-7,9H2,1-2H3,(H,24,25,27). The molecule has 30 heavy (non-hydrogen) atoms. The Morgan fingerprint density at radius 1 is 1.23 bits per heavy atom. The van der Waals surface area contributed by atoms with Gasteiger partial charge in [-0.05, 0) is 49.8 Å². The lowest BCUT2D eigenvalue weighted by atomic mass is 9.80. The van der Waals surface area contributed by atoms with Gasteiger partial charge in [-0.3, -0.25) is 14.6 Å². The number of anilines is 1. The maximum Gasteiger partial charge on any atom is 0.233 e. The van der Waals surface area contributed by atoms with Crippen LogP contribution in [0.4, 0.5) is 5.82 Å². The van der Waals surface area contributed by atoms with Gasteiger partial charge in [-0.1, -0.05) is 17.7 Å². The van der Waals surface area contributed by atoms with Gasteiger partial charge < -0.3 is 5.32 Å². The molecule has 2 aromatic rings. The Kier molecular flexibility index (Phi) is 6.88. The van der Waals surface area contributed by atoms with E-state index in [1.165, 1.54) is 18.3 Å². The van der Waals surface area contributed by atoms with E-state index in [4.69, 9.17) is 11.6 Å². The van der Waals surface area contributed by atoms with Gasteiger partial charge in [0.2, 0.25) is 5.91 Å². The number of benzene rings is 1. The number of carbonyl (C=O) groups excluding carboxylic acids is 2. The number of amides is 1. The van der Waals surface area contributed by atoms with Gasteiger partial charge in [0, 0.05) is 19.1 Å². The average molecular weight is 450 g/mol. The first kappa shape index (κ1) is 22.4. The molecular formula is C21H24ClN3O4S. The van der Waals surface area contributed by atoms with Crippen LogP contribution in [0.15, 0.2) is 35.5 Å². The summed E-state index contributed by atoms with van der Waals surface area (Å²) in [4.78, 5) is 33.0. The lowest BCUT2D eigenvalue weighted by Gasteiger charge is -2.26. The van der Waals surface area contributed by atoms with Crippen LogP contribution in [0.25, 0.3) is 0 Å². The lowest BCUT2D eigenvalue weighted by molar-refractivity contribution is -0.121. The number of aromatic nitrogens is 2. The molecule has 1 atom stereocenters. The van der Waals surface area contributed by atoms with Gasteiger partial charge in [0.25, 0.3) is 0 Å². The van der Waals surface area contributed by atoms with Crippen molar-refractivity contribution in [3.63, 3.8) is 0 Å². The van der Waals surface area contributed by atoms with Gasteiger partial charge in [-0.2, -0.15) is 0 Å². The molecule has 1 saturated carbocycles.